The summed E-state index contributed by atoms with van der Waals surface area (Å²) in [4.78, 5) is 2.60. The molecule has 0 radical (unpaired) electrons. The van der Waals surface area contributed by atoms with Gasteiger partial charge in [0.05, 0.1) is 0 Å². The van der Waals surface area contributed by atoms with Gasteiger partial charge in [-0.25, -0.2) is 0 Å². The molecule has 0 aromatic heterocycles. The van der Waals surface area contributed by atoms with Gasteiger partial charge >= 0.3 is 0 Å². The zero-order chi connectivity index (χ0) is 14.6. The summed E-state index contributed by atoms with van der Waals surface area (Å²) < 4.78 is 0. The average Bonchev–Trinajstić information content (AvgIpc) is 2.60. The quantitative estimate of drug-likeness (QED) is 0.897. The maximum absolute atomic E-state index is 3.68. The van der Waals surface area contributed by atoms with E-state index in [0.717, 1.165) is 13.1 Å². The number of hydrogen-bond donors (Lipinski definition) is 1. The first-order chi connectivity index (χ1) is 9.52. The van der Waals surface area contributed by atoms with E-state index >= 15 is 0 Å². The van der Waals surface area contributed by atoms with E-state index in [1.54, 1.807) is 0 Å². The SMILES string of the molecule is CCNC(CN1CCCCc2ccccc21)C(C)(C)C. The Labute approximate surface area is 124 Å². The van der Waals surface area contributed by atoms with Crippen LogP contribution in [0.1, 0.15) is 46.1 Å². The predicted octanol–water partition coefficient (Wildman–Crippen LogP) is 3.85. The molecule has 0 saturated heterocycles. The molecule has 1 unspecified atom stereocenters. The van der Waals surface area contributed by atoms with E-state index in [1.807, 2.05) is 0 Å². The van der Waals surface area contributed by atoms with Crippen molar-refractivity contribution in [3.8, 4) is 0 Å². The first-order valence-corrected chi connectivity index (χ1v) is 8.08. The number of fused-ring (bicyclic) bond motifs is 1. The van der Waals surface area contributed by atoms with Crippen molar-refractivity contribution in [1.29, 1.82) is 0 Å². The summed E-state index contributed by atoms with van der Waals surface area (Å²) in [6.07, 6.45) is 3.85. The van der Waals surface area contributed by atoms with Crippen LogP contribution in [0.3, 0.4) is 0 Å². The Morgan fingerprint density at radius 3 is 2.65 bits per heavy atom. The summed E-state index contributed by atoms with van der Waals surface area (Å²) >= 11 is 0. The highest BCUT2D eigenvalue weighted by molar-refractivity contribution is 5.54. The third kappa shape index (κ3) is 3.76. The molecule has 1 atom stereocenters. The van der Waals surface area contributed by atoms with Crippen molar-refractivity contribution >= 4 is 5.69 Å². The average molecular weight is 274 g/mol. The molecular formula is C18H30N2. The molecule has 0 aliphatic carbocycles. The first-order valence-electron chi connectivity index (χ1n) is 8.08. The minimum Gasteiger partial charge on any atom is -0.370 e. The third-order valence-electron chi connectivity index (χ3n) is 4.36. The molecule has 0 fully saturated rings. The molecule has 2 rings (SSSR count). The minimum absolute atomic E-state index is 0.289. The van der Waals surface area contributed by atoms with Gasteiger partial charge in [-0.3, -0.25) is 0 Å². The van der Waals surface area contributed by atoms with E-state index < -0.39 is 0 Å². The van der Waals surface area contributed by atoms with Gasteiger partial charge in [0, 0.05) is 24.8 Å². The molecule has 112 valence electrons. The summed E-state index contributed by atoms with van der Waals surface area (Å²) in [5.41, 5.74) is 3.27. The van der Waals surface area contributed by atoms with Crippen molar-refractivity contribution < 1.29 is 0 Å². The lowest BCUT2D eigenvalue weighted by atomic mass is 9.86. The van der Waals surface area contributed by atoms with Crippen LogP contribution in [0.4, 0.5) is 5.69 Å². The van der Waals surface area contributed by atoms with Gasteiger partial charge in [0.1, 0.15) is 0 Å². The number of nitrogens with one attached hydrogen (secondary N) is 1. The van der Waals surface area contributed by atoms with E-state index in [2.05, 4.69) is 62.2 Å². The molecule has 1 aromatic rings. The monoisotopic (exact) mass is 274 g/mol. The Bertz CT molecular complexity index is 420. The molecule has 1 aliphatic rings. The van der Waals surface area contributed by atoms with Crippen molar-refractivity contribution in [3.05, 3.63) is 29.8 Å². The van der Waals surface area contributed by atoms with E-state index in [-0.39, 0.29) is 5.41 Å². The van der Waals surface area contributed by atoms with Crippen LogP contribution in [0.25, 0.3) is 0 Å². The molecule has 0 spiro atoms. The van der Waals surface area contributed by atoms with Gasteiger partial charge in [-0.2, -0.15) is 0 Å². The molecule has 0 saturated carbocycles. The number of aryl methyl sites for hydroxylation is 1. The van der Waals surface area contributed by atoms with Gasteiger partial charge in [0.2, 0.25) is 0 Å². The van der Waals surface area contributed by atoms with Gasteiger partial charge in [0.15, 0.2) is 0 Å². The van der Waals surface area contributed by atoms with Crippen LogP contribution in [-0.4, -0.2) is 25.7 Å². The molecule has 2 heteroatoms. The molecule has 2 nitrogen and oxygen atoms in total. The number of nitrogens with zero attached hydrogens (tertiary/aromatic N) is 1. The first kappa shape index (κ1) is 15.4. The molecule has 1 N–H and O–H groups in total. The molecule has 1 aliphatic heterocycles. The number of likely N-dealkylation sites (N-methyl/N-ethyl adjacent to an activating group) is 1. The number of benzene rings is 1. The number of anilines is 1. The smallest absolute Gasteiger partial charge is 0.0399 e. The van der Waals surface area contributed by atoms with Gasteiger partial charge in [-0.15, -0.1) is 0 Å². The Kier molecular flexibility index (Phi) is 5.09. The van der Waals surface area contributed by atoms with Crippen molar-refractivity contribution in [2.45, 2.75) is 53.0 Å². The van der Waals surface area contributed by atoms with Crippen LogP contribution in [0.2, 0.25) is 0 Å². The molecule has 1 heterocycles. The summed E-state index contributed by atoms with van der Waals surface area (Å²) in [6, 6.07) is 9.47. The Morgan fingerprint density at radius 2 is 1.95 bits per heavy atom. The molecule has 1 aromatic carbocycles. The summed E-state index contributed by atoms with van der Waals surface area (Å²) in [6.45, 7) is 12.5. The number of hydrogen-bond acceptors (Lipinski definition) is 2. The largest absolute Gasteiger partial charge is 0.370 e. The molecule has 20 heavy (non-hydrogen) atoms. The predicted molar refractivity (Wildman–Crippen MR) is 88.5 cm³/mol. The fourth-order valence-electron chi connectivity index (χ4n) is 3.07. The second kappa shape index (κ2) is 6.62. The maximum atomic E-state index is 3.68. The van der Waals surface area contributed by atoms with Crippen molar-refractivity contribution in [3.63, 3.8) is 0 Å². The summed E-state index contributed by atoms with van der Waals surface area (Å²) in [5.74, 6) is 0. The standard InChI is InChI=1S/C18H30N2/c1-5-19-17(18(2,3)4)14-20-13-9-8-11-15-10-6-7-12-16(15)20/h6-7,10,12,17,19H,5,8-9,11,13-14H2,1-4H3. The Balaban J connectivity index is 2.19. The molecule has 0 bridgehead atoms. The van der Waals surface area contributed by atoms with Crippen LogP contribution in [-0.2, 0) is 6.42 Å². The highest BCUT2D eigenvalue weighted by Crippen LogP contribution is 2.28. The van der Waals surface area contributed by atoms with Gasteiger partial charge < -0.3 is 10.2 Å². The van der Waals surface area contributed by atoms with Gasteiger partial charge in [0.25, 0.3) is 0 Å². The minimum atomic E-state index is 0.289. The van der Waals surface area contributed by atoms with Gasteiger partial charge in [-0.1, -0.05) is 45.9 Å². The van der Waals surface area contributed by atoms with Crippen LogP contribution < -0.4 is 10.2 Å². The third-order valence-corrected chi connectivity index (χ3v) is 4.36. The van der Waals surface area contributed by atoms with Crippen LogP contribution >= 0.6 is 0 Å². The van der Waals surface area contributed by atoms with Crippen molar-refractivity contribution in [1.82, 2.24) is 5.32 Å². The second-order valence-corrected chi connectivity index (χ2v) is 7.01. The number of rotatable bonds is 4. The zero-order valence-electron chi connectivity index (χ0n) is 13.6. The summed E-state index contributed by atoms with van der Waals surface area (Å²) in [5, 5.41) is 3.68. The van der Waals surface area contributed by atoms with Crippen LogP contribution in [0.5, 0.6) is 0 Å². The van der Waals surface area contributed by atoms with Crippen LogP contribution in [0.15, 0.2) is 24.3 Å². The van der Waals surface area contributed by atoms with Crippen molar-refractivity contribution in [2.75, 3.05) is 24.5 Å². The second-order valence-electron chi connectivity index (χ2n) is 7.01. The van der Waals surface area contributed by atoms with Crippen molar-refractivity contribution in [2.24, 2.45) is 5.41 Å². The topological polar surface area (TPSA) is 15.3 Å². The Morgan fingerprint density at radius 1 is 1.20 bits per heavy atom. The van der Waals surface area contributed by atoms with E-state index in [1.165, 1.54) is 37.1 Å². The fraction of sp³-hybridized carbons (Fsp3) is 0.667. The fourth-order valence-corrected chi connectivity index (χ4v) is 3.07. The summed E-state index contributed by atoms with van der Waals surface area (Å²) in [7, 11) is 0. The van der Waals surface area contributed by atoms with Gasteiger partial charge in [-0.05, 0) is 42.9 Å². The van der Waals surface area contributed by atoms with E-state index in [9.17, 15) is 0 Å². The lowest BCUT2D eigenvalue weighted by Gasteiger charge is -2.37. The normalized spacial score (nSPS) is 17.5. The molecule has 0 amide bonds. The highest BCUT2D eigenvalue weighted by Gasteiger charge is 2.27. The maximum Gasteiger partial charge on any atom is 0.0399 e. The highest BCUT2D eigenvalue weighted by atomic mass is 15.2. The Hall–Kier alpha value is -1.02. The molecular weight excluding hydrogens is 244 g/mol. The lowest BCUT2D eigenvalue weighted by Crippen LogP contribution is -2.49. The number of para-hydroxylation sites is 1. The zero-order valence-corrected chi connectivity index (χ0v) is 13.6. The lowest BCUT2D eigenvalue weighted by molar-refractivity contribution is 0.273. The van der Waals surface area contributed by atoms with Crippen LogP contribution in [0, 0.1) is 5.41 Å². The van der Waals surface area contributed by atoms with E-state index in [4.69, 9.17) is 0 Å². The van der Waals surface area contributed by atoms with E-state index in [0.29, 0.717) is 6.04 Å².